The van der Waals surface area contributed by atoms with Crippen molar-refractivity contribution in [3.8, 4) is 11.5 Å². The summed E-state index contributed by atoms with van der Waals surface area (Å²) in [5, 5.41) is 5.40. The van der Waals surface area contributed by atoms with Crippen LogP contribution < -0.4 is 14.8 Å². The van der Waals surface area contributed by atoms with Gasteiger partial charge in [0.2, 0.25) is 5.78 Å². The maximum Gasteiger partial charge on any atom is 0.262 e. The van der Waals surface area contributed by atoms with Gasteiger partial charge in [-0.15, -0.1) is 0 Å². The molecular weight excluding hydrogens is 430 g/mol. The number of furan rings is 1. The lowest BCUT2D eigenvalue weighted by Gasteiger charge is -2.10. The normalized spacial score (nSPS) is 10.9. The minimum atomic E-state index is -0.400. The second-order valence-corrected chi connectivity index (χ2v) is 7.67. The predicted molar refractivity (Wildman–Crippen MR) is 131 cm³/mol. The zero-order valence-electron chi connectivity index (χ0n) is 18.4. The number of ether oxygens (including phenoxy) is 2. The maximum absolute atomic E-state index is 13.2. The van der Waals surface area contributed by atoms with Gasteiger partial charge in [0.05, 0.1) is 12.8 Å². The SMILES string of the molecule is COc1ccc(C(=O)c2oc3ccccc3c2NC(=O)COc2cccc3ccccc23)cc1. The monoisotopic (exact) mass is 451 g/mol. The van der Waals surface area contributed by atoms with Crippen LogP contribution >= 0.6 is 0 Å². The Morgan fingerprint density at radius 2 is 1.53 bits per heavy atom. The molecule has 0 aliphatic rings. The van der Waals surface area contributed by atoms with E-state index in [4.69, 9.17) is 13.9 Å². The maximum atomic E-state index is 13.2. The summed E-state index contributed by atoms with van der Waals surface area (Å²) in [6.07, 6.45) is 0. The van der Waals surface area contributed by atoms with E-state index in [1.807, 2.05) is 54.6 Å². The molecule has 0 unspecified atom stereocenters. The van der Waals surface area contributed by atoms with E-state index in [1.165, 1.54) is 0 Å². The van der Waals surface area contributed by atoms with Crippen molar-refractivity contribution in [2.75, 3.05) is 19.0 Å². The summed E-state index contributed by atoms with van der Waals surface area (Å²) in [5.74, 6) is 0.567. The molecule has 0 bridgehead atoms. The van der Waals surface area contributed by atoms with Crippen LogP contribution in [0.3, 0.4) is 0 Å². The van der Waals surface area contributed by atoms with Crippen LogP contribution in [0, 0.1) is 0 Å². The number of amides is 1. The second-order valence-electron chi connectivity index (χ2n) is 7.67. The molecule has 34 heavy (non-hydrogen) atoms. The molecule has 0 aliphatic carbocycles. The van der Waals surface area contributed by atoms with Gasteiger partial charge >= 0.3 is 0 Å². The van der Waals surface area contributed by atoms with Crippen LogP contribution in [0.5, 0.6) is 11.5 Å². The first-order chi connectivity index (χ1) is 16.6. The summed E-state index contributed by atoms with van der Waals surface area (Å²) in [5.41, 5.74) is 1.25. The zero-order valence-corrected chi connectivity index (χ0v) is 18.4. The lowest BCUT2D eigenvalue weighted by atomic mass is 10.1. The highest BCUT2D eigenvalue weighted by atomic mass is 16.5. The fourth-order valence-electron chi connectivity index (χ4n) is 3.84. The largest absolute Gasteiger partial charge is 0.497 e. The topological polar surface area (TPSA) is 77.8 Å². The van der Waals surface area contributed by atoms with Crippen LogP contribution in [-0.4, -0.2) is 25.4 Å². The van der Waals surface area contributed by atoms with E-state index in [-0.39, 0.29) is 18.2 Å². The molecule has 0 saturated carbocycles. The number of hydrogen-bond acceptors (Lipinski definition) is 5. The van der Waals surface area contributed by atoms with Gasteiger partial charge in [-0.2, -0.15) is 0 Å². The van der Waals surface area contributed by atoms with Gasteiger partial charge in [-0.05, 0) is 47.9 Å². The highest BCUT2D eigenvalue weighted by Crippen LogP contribution is 2.33. The minimum absolute atomic E-state index is 0.0601. The summed E-state index contributed by atoms with van der Waals surface area (Å²) in [4.78, 5) is 26.1. The van der Waals surface area contributed by atoms with Crippen molar-refractivity contribution in [2.24, 2.45) is 0 Å². The van der Waals surface area contributed by atoms with E-state index in [9.17, 15) is 9.59 Å². The second kappa shape index (κ2) is 9.11. The Labute approximate surface area is 195 Å². The van der Waals surface area contributed by atoms with Gasteiger partial charge in [-0.3, -0.25) is 9.59 Å². The molecular formula is C28H21NO5. The Kier molecular flexibility index (Phi) is 5.70. The molecule has 0 radical (unpaired) electrons. The molecule has 1 aromatic heterocycles. The molecule has 0 fully saturated rings. The van der Waals surface area contributed by atoms with Gasteiger partial charge in [-0.1, -0.05) is 48.5 Å². The van der Waals surface area contributed by atoms with Crippen LogP contribution in [0.1, 0.15) is 16.1 Å². The molecule has 0 spiro atoms. The summed E-state index contributed by atoms with van der Waals surface area (Å²) in [7, 11) is 1.56. The molecule has 6 heteroatoms. The van der Waals surface area contributed by atoms with E-state index >= 15 is 0 Å². The Balaban J connectivity index is 1.41. The molecule has 0 aliphatic heterocycles. The number of fused-ring (bicyclic) bond motifs is 2. The zero-order chi connectivity index (χ0) is 23.5. The number of anilines is 1. The number of nitrogens with one attached hydrogen (secondary N) is 1. The number of benzene rings is 4. The summed E-state index contributed by atoms with van der Waals surface area (Å²) in [6, 6.07) is 27.4. The van der Waals surface area contributed by atoms with Crippen molar-refractivity contribution in [1.29, 1.82) is 0 Å². The smallest absolute Gasteiger partial charge is 0.262 e. The van der Waals surface area contributed by atoms with Gasteiger partial charge in [-0.25, -0.2) is 0 Å². The molecule has 0 atom stereocenters. The fourth-order valence-corrected chi connectivity index (χ4v) is 3.84. The number of methoxy groups -OCH3 is 1. The molecule has 1 heterocycles. The highest BCUT2D eigenvalue weighted by Gasteiger charge is 2.23. The summed E-state index contributed by atoms with van der Waals surface area (Å²) >= 11 is 0. The Morgan fingerprint density at radius 3 is 2.32 bits per heavy atom. The molecule has 6 nitrogen and oxygen atoms in total. The van der Waals surface area contributed by atoms with Crippen molar-refractivity contribution in [3.05, 3.63) is 102 Å². The van der Waals surface area contributed by atoms with Crippen molar-refractivity contribution in [1.82, 2.24) is 0 Å². The van der Waals surface area contributed by atoms with Crippen molar-refractivity contribution in [2.45, 2.75) is 0 Å². The van der Waals surface area contributed by atoms with Crippen molar-refractivity contribution in [3.63, 3.8) is 0 Å². The van der Waals surface area contributed by atoms with Gasteiger partial charge in [0.1, 0.15) is 17.1 Å². The van der Waals surface area contributed by atoms with Crippen molar-refractivity contribution >= 4 is 39.1 Å². The first-order valence-electron chi connectivity index (χ1n) is 10.7. The number of para-hydroxylation sites is 1. The fraction of sp³-hybridized carbons (Fsp3) is 0.0714. The molecule has 5 aromatic rings. The molecule has 168 valence electrons. The standard InChI is InChI=1S/C28H21NO5/c1-32-20-15-13-19(14-16-20)27(31)28-26(22-10-4-5-11-24(22)34-28)29-25(30)17-33-23-12-6-8-18-7-2-3-9-21(18)23/h2-16H,17H2,1H3,(H,29,30). The molecule has 1 amide bonds. The van der Waals surface area contributed by atoms with E-state index in [0.717, 1.165) is 10.8 Å². The summed E-state index contributed by atoms with van der Waals surface area (Å²) < 4.78 is 16.8. The van der Waals surface area contributed by atoms with Gasteiger partial charge in [0, 0.05) is 16.3 Å². The van der Waals surface area contributed by atoms with Crippen LogP contribution in [0.2, 0.25) is 0 Å². The van der Waals surface area contributed by atoms with Crippen molar-refractivity contribution < 1.29 is 23.5 Å². The Hall–Kier alpha value is -4.58. The third-order valence-corrected chi connectivity index (χ3v) is 5.53. The minimum Gasteiger partial charge on any atom is -0.497 e. The highest BCUT2D eigenvalue weighted by molar-refractivity contribution is 6.17. The van der Waals surface area contributed by atoms with E-state index in [2.05, 4.69) is 5.32 Å². The van der Waals surface area contributed by atoms with Gasteiger partial charge < -0.3 is 19.2 Å². The quantitative estimate of drug-likeness (QED) is 0.315. The summed E-state index contributed by atoms with van der Waals surface area (Å²) in [6.45, 7) is -0.219. The first kappa shape index (κ1) is 21.3. The number of rotatable bonds is 7. The van der Waals surface area contributed by atoms with E-state index in [0.29, 0.717) is 33.7 Å². The van der Waals surface area contributed by atoms with Crippen LogP contribution in [0.25, 0.3) is 21.7 Å². The number of ketones is 1. The predicted octanol–water partition coefficient (Wildman–Crippen LogP) is 5.84. The van der Waals surface area contributed by atoms with E-state index < -0.39 is 5.91 Å². The average Bonchev–Trinajstić information content (AvgIpc) is 3.25. The van der Waals surface area contributed by atoms with Crippen LogP contribution in [0.15, 0.2) is 95.4 Å². The lowest BCUT2D eigenvalue weighted by molar-refractivity contribution is -0.118. The number of hydrogen-bond donors (Lipinski definition) is 1. The first-order valence-corrected chi connectivity index (χ1v) is 10.7. The third kappa shape index (κ3) is 4.09. The number of carbonyl (C=O) groups is 2. The molecule has 4 aromatic carbocycles. The van der Waals surface area contributed by atoms with Crippen LogP contribution in [0.4, 0.5) is 5.69 Å². The molecule has 0 saturated heterocycles. The molecule has 5 rings (SSSR count). The Bertz CT molecular complexity index is 1500. The Morgan fingerprint density at radius 1 is 0.824 bits per heavy atom. The average molecular weight is 451 g/mol. The van der Waals surface area contributed by atoms with Gasteiger partial charge in [0.15, 0.2) is 12.4 Å². The third-order valence-electron chi connectivity index (χ3n) is 5.53. The van der Waals surface area contributed by atoms with Gasteiger partial charge in [0.25, 0.3) is 5.91 Å². The lowest BCUT2D eigenvalue weighted by Crippen LogP contribution is -2.21. The van der Waals surface area contributed by atoms with Crippen LogP contribution in [-0.2, 0) is 4.79 Å². The molecule has 1 N–H and O–H groups in total. The number of carbonyl (C=O) groups excluding carboxylic acids is 2. The van der Waals surface area contributed by atoms with E-state index in [1.54, 1.807) is 43.5 Å².